The summed E-state index contributed by atoms with van der Waals surface area (Å²) in [6.07, 6.45) is 9.51. The van der Waals surface area contributed by atoms with Gasteiger partial charge in [-0.3, -0.25) is 0 Å². The average Bonchev–Trinajstić information content (AvgIpc) is 2.95. The van der Waals surface area contributed by atoms with Crippen LogP contribution < -0.4 is 5.32 Å². The first-order valence-electron chi connectivity index (χ1n) is 5.88. The Kier molecular flexibility index (Phi) is 3.24. The summed E-state index contributed by atoms with van der Waals surface area (Å²) in [7, 11) is 0. The zero-order chi connectivity index (χ0) is 9.97. The Balaban J connectivity index is 1.77. The predicted molar refractivity (Wildman–Crippen MR) is 58.1 cm³/mol. The Morgan fingerprint density at radius 3 is 2.71 bits per heavy atom. The fourth-order valence-electron chi connectivity index (χ4n) is 2.39. The van der Waals surface area contributed by atoms with Crippen molar-refractivity contribution in [2.45, 2.75) is 44.7 Å². The summed E-state index contributed by atoms with van der Waals surface area (Å²) >= 11 is 0. The summed E-state index contributed by atoms with van der Waals surface area (Å²) in [6, 6.07) is 1.22. The lowest BCUT2D eigenvalue weighted by atomic mass is 10.1. The van der Waals surface area contributed by atoms with Crippen molar-refractivity contribution >= 4 is 0 Å². The van der Waals surface area contributed by atoms with E-state index in [1.165, 1.54) is 19.3 Å². The Bertz CT molecular complexity index is 210. The molecule has 0 aromatic heterocycles. The molecule has 1 saturated carbocycles. The lowest BCUT2D eigenvalue weighted by Crippen LogP contribution is -2.37. The van der Waals surface area contributed by atoms with Crippen LogP contribution in [-0.4, -0.2) is 23.8 Å². The molecule has 80 valence electrons. The van der Waals surface area contributed by atoms with Gasteiger partial charge in [0.25, 0.3) is 0 Å². The van der Waals surface area contributed by atoms with Crippen LogP contribution in [-0.2, 0) is 0 Å². The van der Waals surface area contributed by atoms with Gasteiger partial charge in [-0.1, -0.05) is 19.1 Å². The molecule has 0 spiro atoms. The molecule has 3 atom stereocenters. The van der Waals surface area contributed by atoms with Crippen LogP contribution in [0.25, 0.3) is 0 Å². The highest BCUT2D eigenvalue weighted by Crippen LogP contribution is 2.34. The molecule has 2 nitrogen and oxygen atoms in total. The van der Waals surface area contributed by atoms with E-state index in [2.05, 4.69) is 24.4 Å². The number of aliphatic hydroxyl groups is 1. The van der Waals surface area contributed by atoms with Crippen molar-refractivity contribution in [2.75, 3.05) is 6.61 Å². The van der Waals surface area contributed by atoms with Crippen molar-refractivity contribution in [1.82, 2.24) is 5.32 Å². The third-order valence-corrected chi connectivity index (χ3v) is 3.47. The van der Waals surface area contributed by atoms with Gasteiger partial charge in [-0.15, -0.1) is 0 Å². The van der Waals surface area contributed by atoms with Crippen molar-refractivity contribution in [3.63, 3.8) is 0 Å². The first-order valence-corrected chi connectivity index (χ1v) is 5.88. The van der Waals surface area contributed by atoms with Gasteiger partial charge in [-0.2, -0.15) is 0 Å². The van der Waals surface area contributed by atoms with E-state index in [0.29, 0.717) is 24.6 Å². The average molecular weight is 195 g/mol. The molecule has 0 amide bonds. The SMILES string of the molecule is CCC(N[C@@H]1C=C[C@H](CO)C1)C1CC1. The van der Waals surface area contributed by atoms with Crippen LogP contribution >= 0.6 is 0 Å². The number of hydrogen-bond acceptors (Lipinski definition) is 2. The van der Waals surface area contributed by atoms with Gasteiger partial charge in [-0.25, -0.2) is 0 Å². The van der Waals surface area contributed by atoms with E-state index in [0.717, 1.165) is 12.3 Å². The van der Waals surface area contributed by atoms with Crippen molar-refractivity contribution in [1.29, 1.82) is 0 Å². The molecule has 0 bridgehead atoms. The molecule has 2 aliphatic carbocycles. The lowest BCUT2D eigenvalue weighted by molar-refractivity contribution is 0.243. The third-order valence-electron chi connectivity index (χ3n) is 3.47. The summed E-state index contributed by atoms with van der Waals surface area (Å²) in [5, 5.41) is 12.7. The van der Waals surface area contributed by atoms with Gasteiger partial charge < -0.3 is 10.4 Å². The summed E-state index contributed by atoms with van der Waals surface area (Å²) in [5.74, 6) is 1.32. The highest BCUT2D eigenvalue weighted by molar-refractivity contribution is 5.07. The van der Waals surface area contributed by atoms with E-state index in [-0.39, 0.29) is 0 Å². The van der Waals surface area contributed by atoms with E-state index < -0.39 is 0 Å². The van der Waals surface area contributed by atoms with E-state index in [1.807, 2.05) is 0 Å². The highest BCUT2D eigenvalue weighted by Gasteiger charge is 2.31. The molecule has 0 saturated heterocycles. The zero-order valence-corrected chi connectivity index (χ0v) is 8.95. The van der Waals surface area contributed by atoms with E-state index in [4.69, 9.17) is 5.11 Å². The van der Waals surface area contributed by atoms with Gasteiger partial charge in [0, 0.05) is 24.6 Å². The Morgan fingerprint density at radius 2 is 2.21 bits per heavy atom. The number of rotatable bonds is 5. The molecule has 0 aromatic carbocycles. The topological polar surface area (TPSA) is 32.3 Å². The Labute approximate surface area is 86.4 Å². The van der Waals surface area contributed by atoms with Crippen LogP contribution in [0.3, 0.4) is 0 Å². The zero-order valence-electron chi connectivity index (χ0n) is 8.95. The number of aliphatic hydroxyl groups excluding tert-OH is 1. The largest absolute Gasteiger partial charge is 0.396 e. The normalized spacial score (nSPS) is 33.6. The van der Waals surface area contributed by atoms with Gasteiger partial charge in [-0.05, 0) is 31.6 Å². The van der Waals surface area contributed by atoms with Crippen molar-refractivity contribution in [3.8, 4) is 0 Å². The fraction of sp³-hybridized carbons (Fsp3) is 0.833. The molecule has 1 fully saturated rings. The van der Waals surface area contributed by atoms with Crippen LogP contribution in [0.1, 0.15) is 32.6 Å². The Morgan fingerprint density at radius 1 is 1.43 bits per heavy atom. The standard InChI is InChI=1S/C12H21NO/c1-2-12(10-4-5-10)13-11-6-3-9(7-11)8-14/h3,6,9-14H,2,4-5,7-8H2,1H3/t9-,11+,12?/m0/s1. The highest BCUT2D eigenvalue weighted by atomic mass is 16.3. The maximum absolute atomic E-state index is 9.02. The predicted octanol–water partition coefficient (Wildman–Crippen LogP) is 1.70. The fourth-order valence-corrected chi connectivity index (χ4v) is 2.39. The minimum atomic E-state index is 0.300. The van der Waals surface area contributed by atoms with Gasteiger partial charge in [0.1, 0.15) is 0 Å². The second-order valence-electron chi connectivity index (χ2n) is 4.69. The van der Waals surface area contributed by atoms with Crippen LogP contribution in [0.4, 0.5) is 0 Å². The van der Waals surface area contributed by atoms with Crippen molar-refractivity contribution in [2.24, 2.45) is 11.8 Å². The van der Waals surface area contributed by atoms with Gasteiger partial charge >= 0.3 is 0 Å². The van der Waals surface area contributed by atoms with Crippen molar-refractivity contribution < 1.29 is 5.11 Å². The maximum atomic E-state index is 9.02. The maximum Gasteiger partial charge on any atom is 0.0494 e. The minimum Gasteiger partial charge on any atom is -0.396 e. The summed E-state index contributed by atoms with van der Waals surface area (Å²) < 4.78 is 0. The molecular weight excluding hydrogens is 174 g/mol. The Hall–Kier alpha value is -0.340. The number of hydrogen-bond donors (Lipinski definition) is 2. The molecule has 0 heterocycles. The second-order valence-corrected chi connectivity index (χ2v) is 4.69. The first kappa shape index (κ1) is 10.2. The second kappa shape index (κ2) is 4.45. The first-order chi connectivity index (χ1) is 6.83. The molecule has 2 heteroatoms. The summed E-state index contributed by atoms with van der Waals surface area (Å²) in [5.41, 5.74) is 0. The molecule has 0 aromatic rings. The monoisotopic (exact) mass is 195 g/mol. The molecule has 1 unspecified atom stereocenters. The van der Waals surface area contributed by atoms with Crippen LogP contribution in [0.5, 0.6) is 0 Å². The molecule has 0 radical (unpaired) electrons. The van der Waals surface area contributed by atoms with Crippen LogP contribution in [0, 0.1) is 11.8 Å². The molecule has 14 heavy (non-hydrogen) atoms. The lowest BCUT2D eigenvalue weighted by Gasteiger charge is -2.21. The van der Waals surface area contributed by atoms with Crippen LogP contribution in [0.2, 0.25) is 0 Å². The van der Waals surface area contributed by atoms with Crippen LogP contribution in [0.15, 0.2) is 12.2 Å². The molecule has 2 N–H and O–H groups in total. The summed E-state index contributed by atoms with van der Waals surface area (Å²) in [4.78, 5) is 0. The molecule has 2 rings (SSSR count). The smallest absolute Gasteiger partial charge is 0.0494 e. The number of nitrogens with one attached hydrogen (secondary N) is 1. The van der Waals surface area contributed by atoms with Crippen molar-refractivity contribution in [3.05, 3.63) is 12.2 Å². The van der Waals surface area contributed by atoms with E-state index >= 15 is 0 Å². The van der Waals surface area contributed by atoms with Gasteiger partial charge in [0.05, 0.1) is 0 Å². The third kappa shape index (κ3) is 2.37. The van der Waals surface area contributed by atoms with E-state index in [9.17, 15) is 0 Å². The van der Waals surface area contributed by atoms with Gasteiger partial charge in [0.2, 0.25) is 0 Å². The molecule has 0 aliphatic heterocycles. The molecule has 2 aliphatic rings. The quantitative estimate of drug-likeness (QED) is 0.654. The molecular formula is C12H21NO. The summed E-state index contributed by atoms with van der Waals surface area (Å²) in [6.45, 7) is 2.56. The van der Waals surface area contributed by atoms with Gasteiger partial charge in [0.15, 0.2) is 0 Å². The van der Waals surface area contributed by atoms with E-state index in [1.54, 1.807) is 0 Å². The minimum absolute atomic E-state index is 0.300.